The molecule has 0 bridgehead atoms. The molecule has 35 heavy (non-hydrogen) atoms. The number of rotatable bonds is 9. The minimum absolute atomic E-state index is 0.117. The number of H-pyrrole nitrogens is 1. The molecule has 9 heteroatoms. The largest absolute Gasteiger partial charge is 0.872 e. The first kappa shape index (κ1) is 26.5. The smallest absolute Gasteiger partial charge is 0.354 e. The Morgan fingerprint density at radius 2 is 1.80 bits per heavy atom. The molecule has 0 radical (unpaired) electrons. The number of aryl methyl sites for hydroxylation is 1. The minimum atomic E-state index is -0.832. The monoisotopic (exact) mass is 501 g/mol. The normalized spacial score (nSPS) is 17.5. The zero-order chi connectivity index (χ0) is 25.9. The van der Waals surface area contributed by atoms with Crippen molar-refractivity contribution in [3.8, 4) is 0 Å². The van der Waals surface area contributed by atoms with E-state index in [0.717, 1.165) is 19.6 Å². The van der Waals surface area contributed by atoms with E-state index in [1.807, 2.05) is 0 Å². The Kier molecular flexibility index (Phi) is 8.40. The van der Waals surface area contributed by atoms with E-state index in [1.165, 1.54) is 16.9 Å². The van der Waals surface area contributed by atoms with Crippen molar-refractivity contribution in [2.75, 3.05) is 33.3 Å². The molecular weight excluding hydrogens is 470 g/mol. The lowest BCUT2D eigenvalue weighted by Crippen LogP contribution is -3.11. The number of halogens is 1. The lowest BCUT2D eigenvalue weighted by atomic mass is 9.94. The molecule has 3 rings (SSSR count). The molecule has 1 aromatic carbocycles. The number of ketones is 1. The number of quaternary nitrogens is 1. The van der Waals surface area contributed by atoms with Gasteiger partial charge in [-0.25, -0.2) is 4.79 Å². The van der Waals surface area contributed by atoms with E-state index in [4.69, 9.17) is 16.3 Å². The molecule has 1 saturated heterocycles. The van der Waals surface area contributed by atoms with Crippen molar-refractivity contribution >= 4 is 35.0 Å². The van der Waals surface area contributed by atoms with Gasteiger partial charge in [0.05, 0.1) is 32.8 Å². The molecule has 188 valence electrons. The summed E-state index contributed by atoms with van der Waals surface area (Å²) < 4.78 is 4.80. The zero-order valence-corrected chi connectivity index (χ0v) is 21.5. The molecule has 2 aromatic rings. The number of aromatic nitrogens is 1. The number of esters is 1. The van der Waals surface area contributed by atoms with Crippen molar-refractivity contribution in [2.24, 2.45) is 0 Å². The molecule has 1 aromatic heterocycles. The Bertz CT molecular complexity index is 1150. The summed E-state index contributed by atoms with van der Waals surface area (Å²) in [6.45, 7) is 10.6. The first-order chi connectivity index (χ1) is 16.7. The van der Waals surface area contributed by atoms with Crippen LogP contribution in [0.4, 0.5) is 0 Å². The summed E-state index contributed by atoms with van der Waals surface area (Å²) in [4.78, 5) is 44.3. The zero-order valence-electron chi connectivity index (χ0n) is 20.8. The van der Waals surface area contributed by atoms with Gasteiger partial charge < -0.3 is 24.6 Å². The first-order valence-electron chi connectivity index (χ1n) is 11.8. The van der Waals surface area contributed by atoms with E-state index in [9.17, 15) is 19.5 Å². The van der Waals surface area contributed by atoms with Crippen LogP contribution < -0.4 is 10.0 Å². The lowest BCUT2D eigenvalue weighted by Gasteiger charge is -2.28. The summed E-state index contributed by atoms with van der Waals surface area (Å²) in [5.41, 5.74) is 1.67. The van der Waals surface area contributed by atoms with E-state index in [0.29, 0.717) is 34.8 Å². The van der Waals surface area contributed by atoms with Crippen LogP contribution in [-0.2, 0) is 14.3 Å². The lowest BCUT2D eigenvalue weighted by molar-refractivity contribution is -0.896. The Balaban J connectivity index is 2.11. The number of benzene rings is 1. The summed E-state index contributed by atoms with van der Waals surface area (Å²) in [7, 11) is 1.25. The fraction of sp³-hybridized carbons (Fsp3) is 0.423. The fourth-order valence-electron chi connectivity index (χ4n) is 4.73. The summed E-state index contributed by atoms with van der Waals surface area (Å²) in [6.07, 6.45) is 0.691. The fourth-order valence-corrected chi connectivity index (χ4v) is 4.85. The SMILES string of the molecule is CC[NH+](CC)CCCN1C(=O)C(=O)C(=C([O-])c2c(C)[nH]c(C(=O)OC)c2C)C1c1ccc(Cl)cc1. The number of aromatic amines is 1. The number of nitrogens with one attached hydrogen (secondary N) is 2. The van der Waals surface area contributed by atoms with Crippen LogP contribution in [0, 0.1) is 13.8 Å². The van der Waals surface area contributed by atoms with Crippen molar-refractivity contribution in [1.82, 2.24) is 9.88 Å². The van der Waals surface area contributed by atoms with Crippen LogP contribution in [0.15, 0.2) is 29.8 Å². The number of carbonyl (C=O) groups excluding carboxylic acids is 3. The van der Waals surface area contributed by atoms with Gasteiger partial charge in [-0.15, -0.1) is 0 Å². The van der Waals surface area contributed by atoms with Crippen LogP contribution in [0.1, 0.15) is 59.2 Å². The number of hydrogen-bond donors (Lipinski definition) is 2. The molecule has 1 amide bonds. The van der Waals surface area contributed by atoms with Gasteiger partial charge in [-0.3, -0.25) is 9.59 Å². The van der Waals surface area contributed by atoms with Crippen LogP contribution in [0.3, 0.4) is 0 Å². The average molecular weight is 502 g/mol. The predicted octanol–water partition coefficient (Wildman–Crippen LogP) is 1.61. The number of carbonyl (C=O) groups is 3. The summed E-state index contributed by atoms with van der Waals surface area (Å²) in [6, 6.07) is 5.97. The van der Waals surface area contributed by atoms with Crippen molar-refractivity contribution in [1.29, 1.82) is 0 Å². The number of ether oxygens (including phenoxy) is 1. The van der Waals surface area contributed by atoms with Crippen molar-refractivity contribution in [2.45, 2.75) is 40.2 Å². The van der Waals surface area contributed by atoms with Gasteiger partial charge in [0, 0.05) is 29.3 Å². The Morgan fingerprint density at radius 1 is 1.17 bits per heavy atom. The number of Topliss-reactive ketones (excluding diaryl/α,β-unsaturated/α-hetero) is 1. The number of amides is 1. The Morgan fingerprint density at radius 3 is 2.37 bits per heavy atom. The minimum Gasteiger partial charge on any atom is -0.872 e. The third kappa shape index (κ3) is 5.13. The van der Waals surface area contributed by atoms with Gasteiger partial charge in [0.1, 0.15) is 5.69 Å². The number of methoxy groups -OCH3 is 1. The molecular formula is C26H32ClN3O5. The van der Waals surface area contributed by atoms with Crippen molar-refractivity contribution < 1.29 is 29.1 Å². The third-order valence-electron chi connectivity index (χ3n) is 6.70. The maximum atomic E-state index is 13.8. The van der Waals surface area contributed by atoms with E-state index >= 15 is 0 Å². The molecule has 0 aliphatic carbocycles. The highest BCUT2D eigenvalue weighted by molar-refractivity contribution is 6.46. The molecule has 1 fully saturated rings. The highest BCUT2D eigenvalue weighted by Gasteiger charge is 2.44. The summed E-state index contributed by atoms with van der Waals surface area (Å²) in [5, 5.41) is 14.3. The molecule has 1 atom stereocenters. The second-order valence-electron chi connectivity index (χ2n) is 8.70. The van der Waals surface area contributed by atoms with Crippen molar-refractivity contribution in [3.63, 3.8) is 0 Å². The van der Waals surface area contributed by atoms with Crippen LogP contribution in [0.25, 0.3) is 5.76 Å². The summed E-state index contributed by atoms with van der Waals surface area (Å²) in [5.74, 6) is -2.69. The third-order valence-corrected chi connectivity index (χ3v) is 6.95. The highest BCUT2D eigenvalue weighted by Crippen LogP contribution is 2.40. The molecule has 2 heterocycles. The van der Waals surface area contributed by atoms with Crippen LogP contribution in [0.5, 0.6) is 0 Å². The average Bonchev–Trinajstić information content (AvgIpc) is 3.28. The van der Waals surface area contributed by atoms with Gasteiger partial charge >= 0.3 is 5.97 Å². The standard InChI is InChI=1S/C26H32ClN3O5/c1-6-29(7-2)13-8-14-30-22(17-9-11-18(27)12-10-17)20(24(32)25(30)33)23(31)19-15(3)21(26(34)35-5)28-16(19)4/h9-12,22,28,31H,6-8,13-14H2,1-5H3. The molecule has 0 spiro atoms. The van der Waals surface area contributed by atoms with E-state index in [1.54, 1.807) is 38.1 Å². The van der Waals surface area contributed by atoms with Gasteiger partial charge in [-0.05, 0) is 56.5 Å². The first-order valence-corrected chi connectivity index (χ1v) is 12.2. The molecule has 8 nitrogen and oxygen atoms in total. The quantitative estimate of drug-likeness (QED) is 0.235. The maximum Gasteiger partial charge on any atom is 0.354 e. The Labute approximate surface area is 210 Å². The van der Waals surface area contributed by atoms with Crippen LogP contribution >= 0.6 is 11.6 Å². The van der Waals surface area contributed by atoms with Crippen molar-refractivity contribution in [3.05, 3.63) is 62.9 Å². The highest BCUT2D eigenvalue weighted by atomic mass is 35.5. The predicted molar refractivity (Wildman–Crippen MR) is 131 cm³/mol. The second kappa shape index (κ2) is 11.1. The van der Waals surface area contributed by atoms with Crippen LogP contribution in [0.2, 0.25) is 5.02 Å². The second-order valence-corrected chi connectivity index (χ2v) is 9.14. The summed E-state index contributed by atoms with van der Waals surface area (Å²) >= 11 is 6.07. The molecule has 1 unspecified atom stereocenters. The van der Waals surface area contributed by atoms with Gasteiger partial charge in [0.2, 0.25) is 5.78 Å². The van der Waals surface area contributed by atoms with Gasteiger partial charge in [-0.1, -0.05) is 29.5 Å². The Hall–Kier alpha value is -3.10. The topological polar surface area (TPSA) is 107 Å². The van der Waals surface area contributed by atoms with Gasteiger partial charge in [-0.2, -0.15) is 0 Å². The molecule has 1 aliphatic heterocycles. The number of hydrogen-bond acceptors (Lipinski definition) is 5. The molecule has 0 saturated carbocycles. The molecule has 1 aliphatic rings. The number of likely N-dealkylation sites (tertiary alicyclic amines) is 1. The van der Waals surface area contributed by atoms with Crippen LogP contribution in [-0.4, -0.2) is 60.8 Å². The van der Waals surface area contributed by atoms with Gasteiger partial charge in [0.15, 0.2) is 0 Å². The van der Waals surface area contributed by atoms with E-state index < -0.39 is 29.5 Å². The van der Waals surface area contributed by atoms with E-state index in [-0.39, 0.29) is 16.8 Å². The maximum absolute atomic E-state index is 13.8. The number of nitrogens with zero attached hydrogens (tertiary/aromatic N) is 1. The van der Waals surface area contributed by atoms with Gasteiger partial charge in [0.25, 0.3) is 5.91 Å². The van der Waals surface area contributed by atoms with E-state index in [2.05, 4.69) is 18.8 Å². The molecule has 2 N–H and O–H groups in total.